The van der Waals surface area contributed by atoms with Gasteiger partial charge in [-0.25, -0.2) is 0 Å². The van der Waals surface area contributed by atoms with Gasteiger partial charge in [-0.05, 0) is 32.6 Å². The van der Waals surface area contributed by atoms with Crippen molar-refractivity contribution in [3.05, 3.63) is 12.2 Å². The van der Waals surface area contributed by atoms with Crippen LogP contribution in [0.15, 0.2) is 12.2 Å². The number of aliphatic hydroxyl groups is 1. The third-order valence-electron chi connectivity index (χ3n) is 3.38. The van der Waals surface area contributed by atoms with Crippen LogP contribution in [0.3, 0.4) is 0 Å². The molecule has 0 aromatic carbocycles. The second kappa shape index (κ2) is 7.54. The average Bonchev–Trinajstić information content (AvgIpc) is 2.72. The van der Waals surface area contributed by atoms with Crippen LogP contribution in [0.2, 0.25) is 0 Å². The first-order valence-corrected chi connectivity index (χ1v) is 6.83. The van der Waals surface area contributed by atoms with Gasteiger partial charge in [0.1, 0.15) is 6.04 Å². The van der Waals surface area contributed by atoms with Crippen molar-refractivity contribution in [3.8, 4) is 0 Å². The lowest BCUT2D eigenvalue weighted by Gasteiger charge is -2.24. The molecule has 4 nitrogen and oxygen atoms in total. The minimum atomic E-state index is -0.369. The van der Waals surface area contributed by atoms with Crippen LogP contribution in [0.5, 0.6) is 0 Å². The molecule has 18 heavy (non-hydrogen) atoms. The van der Waals surface area contributed by atoms with Crippen molar-refractivity contribution in [2.45, 2.75) is 45.8 Å². The molecule has 1 aliphatic heterocycles. The van der Waals surface area contributed by atoms with Crippen LogP contribution in [0.1, 0.15) is 33.6 Å². The largest absolute Gasteiger partial charge is 0.465 e. The minimum absolute atomic E-state index is 0.159. The number of allylic oxidation sites excluding steroid dienone is 1. The molecule has 1 rings (SSSR count). The summed E-state index contributed by atoms with van der Waals surface area (Å²) in [5.74, 6) is 0.223. The molecule has 1 N–H and O–H groups in total. The molecule has 0 spiro atoms. The van der Waals surface area contributed by atoms with Gasteiger partial charge in [-0.2, -0.15) is 0 Å². The van der Waals surface area contributed by atoms with Gasteiger partial charge in [-0.3, -0.25) is 9.69 Å². The van der Waals surface area contributed by atoms with Crippen LogP contribution < -0.4 is 0 Å². The van der Waals surface area contributed by atoms with E-state index in [9.17, 15) is 9.90 Å². The average molecular weight is 255 g/mol. The summed E-state index contributed by atoms with van der Waals surface area (Å²) < 4.78 is 5.11. The predicted molar refractivity (Wildman–Crippen MR) is 71.2 cm³/mol. The second-order valence-electron chi connectivity index (χ2n) is 4.81. The number of hydrogen-bond acceptors (Lipinski definition) is 4. The highest BCUT2D eigenvalue weighted by atomic mass is 16.5. The Balaban J connectivity index is 2.66. The fraction of sp³-hybridized carbons (Fsp3) is 0.786. The molecule has 1 saturated heterocycles. The number of likely N-dealkylation sites (tertiary alicyclic amines) is 1. The van der Waals surface area contributed by atoms with E-state index in [1.807, 2.05) is 26.8 Å². The highest BCUT2D eigenvalue weighted by molar-refractivity contribution is 5.76. The zero-order valence-electron chi connectivity index (χ0n) is 11.6. The molecule has 1 aliphatic rings. The third-order valence-corrected chi connectivity index (χ3v) is 3.38. The molecule has 1 fully saturated rings. The molecule has 104 valence electrons. The van der Waals surface area contributed by atoms with Crippen LogP contribution in [-0.2, 0) is 9.53 Å². The Hall–Kier alpha value is -0.870. The lowest BCUT2D eigenvalue weighted by atomic mass is 10.1. The molecule has 3 atom stereocenters. The summed E-state index contributed by atoms with van der Waals surface area (Å²) in [6.45, 7) is 7.54. The van der Waals surface area contributed by atoms with Crippen molar-refractivity contribution in [1.82, 2.24) is 4.90 Å². The Morgan fingerprint density at radius 2 is 2.28 bits per heavy atom. The number of hydrogen-bond donors (Lipinski definition) is 1. The van der Waals surface area contributed by atoms with E-state index in [0.717, 1.165) is 13.0 Å². The molecule has 0 aromatic rings. The monoisotopic (exact) mass is 255 g/mol. The zero-order chi connectivity index (χ0) is 13.5. The molecule has 4 heteroatoms. The van der Waals surface area contributed by atoms with E-state index >= 15 is 0 Å². The first kappa shape index (κ1) is 15.2. The number of β-amino-alcohol motifs (C(OH)–C–C–N with tert-alkyl or cyclic N) is 1. The van der Waals surface area contributed by atoms with Crippen LogP contribution >= 0.6 is 0 Å². The molecule has 0 saturated carbocycles. The summed E-state index contributed by atoms with van der Waals surface area (Å²) in [4.78, 5) is 14.0. The van der Waals surface area contributed by atoms with Gasteiger partial charge >= 0.3 is 5.97 Å². The highest BCUT2D eigenvalue weighted by Crippen LogP contribution is 2.25. The van der Waals surface area contributed by atoms with Crippen molar-refractivity contribution in [2.24, 2.45) is 5.92 Å². The molecular weight excluding hydrogens is 230 g/mol. The highest BCUT2D eigenvalue weighted by Gasteiger charge is 2.37. The third kappa shape index (κ3) is 4.10. The Kier molecular flexibility index (Phi) is 6.36. The summed E-state index contributed by atoms with van der Waals surface area (Å²) in [5.41, 5.74) is 0. The topological polar surface area (TPSA) is 49.8 Å². The van der Waals surface area contributed by atoms with Gasteiger partial charge in [0.25, 0.3) is 0 Å². The van der Waals surface area contributed by atoms with Gasteiger partial charge in [-0.15, -0.1) is 0 Å². The molecular formula is C14H25NO3. The lowest BCUT2D eigenvalue weighted by molar-refractivity contribution is -0.148. The van der Waals surface area contributed by atoms with Crippen LogP contribution in [0, 0.1) is 5.92 Å². The van der Waals surface area contributed by atoms with Crippen molar-refractivity contribution >= 4 is 5.97 Å². The molecule has 0 aromatic heterocycles. The summed E-state index contributed by atoms with van der Waals surface area (Å²) >= 11 is 0. The quantitative estimate of drug-likeness (QED) is 0.578. The number of aliphatic hydroxyl groups excluding tert-OH is 1. The Bertz CT molecular complexity index is 291. The Morgan fingerprint density at radius 1 is 1.56 bits per heavy atom. The van der Waals surface area contributed by atoms with E-state index < -0.39 is 0 Å². The Labute approximate surface area is 110 Å². The fourth-order valence-corrected chi connectivity index (χ4v) is 2.44. The maximum atomic E-state index is 11.9. The molecule has 1 unspecified atom stereocenters. The van der Waals surface area contributed by atoms with Gasteiger partial charge in [-0.1, -0.05) is 19.1 Å². The Morgan fingerprint density at radius 3 is 2.83 bits per heavy atom. The number of nitrogens with zero attached hydrogens (tertiary/aromatic N) is 1. The van der Waals surface area contributed by atoms with Crippen molar-refractivity contribution < 1.29 is 14.6 Å². The first-order chi connectivity index (χ1) is 8.62. The summed E-state index contributed by atoms with van der Waals surface area (Å²) in [6, 6.07) is -0.202. The van der Waals surface area contributed by atoms with E-state index in [0.29, 0.717) is 25.5 Å². The predicted octanol–water partition coefficient (Wildman–Crippen LogP) is 1.59. The van der Waals surface area contributed by atoms with Crippen molar-refractivity contribution in [3.63, 3.8) is 0 Å². The second-order valence-corrected chi connectivity index (χ2v) is 4.81. The molecule has 0 amide bonds. The van der Waals surface area contributed by atoms with E-state index in [4.69, 9.17) is 4.74 Å². The molecule has 0 radical (unpaired) electrons. The van der Waals surface area contributed by atoms with E-state index in [-0.39, 0.29) is 18.1 Å². The van der Waals surface area contributed by atoms with E-state index in [1.165, 1.54) is 0 Å². The number of carbonyl (C=O) groups excluding carboxylic acids is 1. The standard InChI is InChI=1S/C14H25NO3/c1-4-7-11-8-13(14(17)18-6-3)15(9-11)10-12(16)5-2/h4,7,11-13,16H,5-6,8-10H2,1-3H3/t11-,12?,13-/m0/s1. The van der Waals surface area contributed by atoms with Crippen LogP contribution in [0.4, 0.5) is 0 Å². The van der Waals surface area contributed by atoms with Crippen molar-refractivity contribution in [2.75, 3.05) is 19.7 Å². The van der Waals surface area contributed by atoms with Gasteiger partial charge in [0.05, 0.1) is 12.7 Å². The number of ether oxygens (including phenoxy) is 1. The van der Waals surface area contributed by atoms with Crippen molar-refractivity contribution in [1.29, 1.82) is 0 Å². The van der Waals surface area contributed by atoms with Crippen LogP contribution in [0.25, 0.3) is 0 Å². The van der Waals surface area contributed by atoms with Gasteiger partial charge in [0.2, 0.25) is 0 Å². The number of carbonyl (C=O) groups is 1. The van der Waals surface area contributed by atoms with E-state index in [1.54, 1.807) is 0 Å². The maximum Gasteiger partial charge on any atom is 0.323 e. The first-order valence-electron chi connectivity index (χ1n) is 6.83. The minimum Gasteiger partial charge on any atom is -0.465 e. The molecule has 0 bridgehead atoms. The number of rotatable bonds is 6. The summed E-state index contributed by atoms with van der Waals surface area (Å²) in [7, 11) is 0. The van der Waals surface area contributed by atoms with Gasteiger partial charge in [0, 0.05) is 13.1 Å². The summed E-state index contributed by atoms with van der Waals surface area (Å²) in [6.07, 6.45) is 5.28. The fourth-order valence-electron chi connectivity index (χ4n) is 2.44. The number of esters is 1. The normalized spacial score (nSPS) is 26.7. The smallest absolute Gasteiger partial charge is 0.323 e. The SMILES string of the molecule is CC=C[C@H]1C[C@@H](C(=O)OCC)N(CC(O)CC)C1. The summed E-state index contributed by atoms with van der Waals surface area (Å²) in [5, 5.41) is 9.75. The molecule has 1 heterocycles. The van der Waals surface area contributed by atoms with E-state index in [2.05, 4.69) is 11.0 Å². The van der Waals surface area contributed by atoms with Gasteiger partial charge in [0.15, 0.2) is 0 Å². The molecule has 0 aliphatic carbocycles. The maximum absolute atomic E-state index is 11.9. The van der Waals surface area contributed by atoms with Crippen LogP contribution in [-0.4, -0.2) is 47.8 Å². The van der Waals surface area contributed by atoms with Gasteiger partial charge < -0.3 is 9.84 Å². The zero-order valence-corrected chi connectivity index (χ0v) is 11.6. The lowest BCUT2D eigenvalue weighted by Crippen LogP contribution is -2.41.